The maximum absolute atomic E-state index is 12.3. The van der Waals surface area contributed by atoms with Crippen LogP contribution in [0.2, 0.25) is 0 Å². The second-order valence-electron chi connectivity index (χ2n) is 6.33. The molecule has 1 amide bonds. The fraction of sp³-hybridized carbons (Fsp3) is 0.250. The van der Waals surface area contributed by atoms with Crippen molar-refractivity contribution in [2.75, 3.05) is 6.54 Å². The molecule has 1 aliphatic heterocycles. The van der Waals surface area contributed by atoms with Gasteiger partial charge in [-0.15, -0.1) is 0 Å². The van der Waals surface area contributed by atoms with E-state index >= 15 is 0 Å². The first-order valence-electron chi connectivity index (χ1n) is 8.69. The third kappa shape index (κ3) is 3.18. The largest absolute Gasteiger partial charge is 0.448 e. The van der Waals surface area contributed by atoms with E-state index in [9.17, 15) is 9.59 Å². The zero-order valence-electron chi connectivity index (χ0n) is 14.2. The maximum Gasteiger partial charge on any atom is 0.339 e. The van der Waals surface area contributed by atoms with Gasteiger partial charge in [0.05, 0.1) is 22.9 Å². The fourth-order valence-electron chi connectivity index (χ4n) is 3.24. The van der Waals surface area contributed by atoms with E-state index in [1.54, 1.807) is 12.1 Å². The average molecular weight is 349 g/mol. The highest BCUT2D eigenvalue weighted by Gasteiger charge is 2.30. The van der Waals surface area contributed by atoms with Gasteiger partial charge in [-0.3, -0.25) is 4.79 Å². The van der Waals surface area contributed by atoms with Crippen molar-refractivity contribution < 1.29 is 14.3 Å². The van der Waals surface area contributed by atoms with Crippen LogP contribution in [0.3, 0.4) is 0 Å². The number of imidazole rings is 1. The maximum atomic E-state index is 12.3. The summed E-state index contributed by atoms with van der Waals surface area (Å²) in [5.41, 5.74) is 3.44. The molecule has 0 unspecified atom stereocenters. The average Bonchev–Trinajstić information content (AvgIpc) is 3.08. The second kappa shape index (κ2) is 7.00. The number of hydrogen-bond acceptors (Lipinski definition) is 4. The van der Waals surface area contributed by atoms with Crippen molar-refractivity contribution in [1.29, 1.82) is 0 Å². The number of amides is 1. The minimum atomic E-state index is -0.758. The van der Waals surface area contributed by atoms with Gasteiger partial charge < -0.3 is 14.6 Å². The minimum absolute atomic E-state index is 0.247. The van der Waals surface area contributed by atoms with Crippen molar-refractivity contribution in [3.8, 4) is 0 Å². The highest BCUT2D eigenvalue weighted by atomic mass is 16.5. The van der Waals surface area contributed by atoms with Crippen LogP contribution in [-0.2, 0) is 22.5 Å². The van der Waals surface area contributed by atoms with E-state index in [-0.39, 0.29) is 5.91 Å². The van der Waals surface area contributed by atoms with Crippen LogP contribution in [0, 0.1) is 0 Å². The van der Waals surface area contributed by atoms with Crippen LogP contribution in [0.5, 0.6) is 0 Å². The number of aryl methyl sites for hydroxylation is 1. The summed E-state index contributed by atoms with van der Waals surface area (Å²) in [6, 6.07) is 15.2. The number of aromatic nitrogens is 2. The second-order valence-corrected chi connectivity index (χ2v) is 6.33. The van der Waals surface area contributed by atoms with Gasteiger partial charge in [-0.1, -0.05) is 30.3 Å². The number of benzene rings is 2. The molecule has 6 heteroatoms. The molecule has 1 aromatic heterocycles. The summed E-state index contributed by atoms with van der Waals surface area (Å²) in [7, 11) is 0. The Bertz CT molecular complexity index is 964. The van der Waals surface area contributed by atoms with E-state index in [0.717, 1.165) is 29.6 Å². The Morgan fingerprint density at radius 1 is 1.19 bits per heavy atom. The molecule has 2 aromatic carbocycles. The van der Waals surface area contributed by atoms with Gasteiger partial charge in [-0.25, -0.2) is 9.78 Å². The fourth-order valence-corrected chi connectivity index (χ4v) is 3.24. The quantitative estimate of drug-likeness (QED) is 0.567. The van der Waals surface area contributed by atoms with Crippen molar-refractivity contribution in [1.82, 2.24) is 14.9 Å². The molecular weight excluding hydrogens is 330 g/mol. The van der Waals surface area contributed by atoms with E-state index in [1.165, 1.54) is 0 Å². The molecule has 0 radical (unpaired) electrons. The lowest BCUT2D eigenvalue weighted by molar-refractivity contribution is -0.130. The number of rotatable bonds is 5. The van der Waals surface area contributed by atoms with E-state index in [2.05, 4.69) is 14.9 Å². The molecule has 0 saturated heterocycles. The van der Waals surface area contributed by atoms with Crippen LogP contribution in [-0.4, -0.2) is 34.1 Å². The molecule has 0 saturated carbocycles. The summed E-state index contributed by atoms with van der Waals surface area (Å²) in [4.78, 5) is 28.7. The third-order valence-corrected chi connectivity index (χ3v) is 4.59. The number of nitrogens with zero attached hydrogens (tertiary/aromatic N) is 2. The van der Waals surface area contributed by atoms with Crippen LogP contribution < -0.4 is 5.32 Å². The number of esters is 1. The molecular formula is C20H19N3O3. The summed E-state index contributed by atoms with van der Waals surface area (Å²) >= 11 is 0. The lowest BCUT2D eigenvalue weighted by Crippen LogP contribution is -2.42. The monoisotopic (exact) mass is 349 g/mol. The van der Waals surface area contributed by atoms with Gasteiger partial charge in [0.1, 0.15) is 0 Å². The summed E-state index contributed by atoms with van der Waals surface area (Å²) < 4.78 is 7.34. The van der Waals surface area contributed by atoms with Crippen molar-refractivity contribution in [2.45, 2.75) is 25.5 Å². The molecule has 132 valence electrons. The number of ether oxygens (including phenoxy) is 1. The predicted octanol–water partition coefficient (Wildman–Crippen LogP) is 2.32. The lowest BCUT2D eigenvalue weighted by Gasteiger charge is -2.23. The van der Waals surface area contributed by atoms with Crippen molar-refractivity contribution in [3.05, 3.63) is 66.0 Å². The van der Waals surface area contributed by atoms with Crippen LogP contribution in [0.1, 0.15) is 22.3 Å². The van der Waals surface area contributed by atoms with Crippen LogP contribution in [0.25, 0.3) is 11.0 Å². The first-order valence-corrected chi connectivity index (χ1v) is 8.69. The van der Waals surface area contributed by atoms with Crippen molar-refractivity contribution >= 4 is 22.9 Å². The first kappa shape index (κ1) is 16.3. The summed E-state index contributed by atoms with van der Waals surface area (Å²) in [5.74, 6) is -0.680. The van der Waals surface area contributed by atoms with E-state index < -0.39 is 12.1 Å². The topological polar surface area (TPSA) is 73.2 Å². The standard InChI is InChI=1S/C20H19N3O3/c24-19(18-12-14-6-1-2-7-15(14)20(25)26-18)21-10-5-11-23-13-22-16-8-3-4-9-17(16)23/h1-4,6-9,13,18H,5,10-12H2,(H,21,24)/t18-/m0/s1. The Kier molecular flexibility index (Phi) is 4.39. The van der Waals surface area contributed by atoms with Gasteiger partial charge in [0.2, 0.25) is 0 Å². The number of carbonyl (C=O) groups is 2. The molecule has 1 aliphatic rings. The van der Waals surface area contributed by atoms with Gasteiger partial charge in [0, 0.05) is 19.5 Å². The lowest BCUT2D eigenvalue weighted by atomic mass is 9.98. The number of fused-ring (bicyclic) bond motifs is 2. The molecule has 0 aliphatic carbocycles. The molecule has 0 bridgehead atoms. The predicted molar refractivity (Wildman–Crippen MR) is 96.7 cm³/mol. The third-order valence-electron chi connectivity index (χ3n) is 4.59. The number of para-hydroxylation sites is 2. The number of nitrogens with one attached hydrogen (secondary N) is 1. The molecule has 0 fully saturated rings. The molecule has 3 aromatic rings. The van der Waals surface area contributed by atoms with Crippen molar-refractivity contribution in [2.24, 2.45) is 0 Å². The Labute approximate surface area is 150 Å². The van der Waals surface area contributed by atoms with Gasteiger partial charge in [0.25, 0.3) is 5.91 Å². The summed E-state index contributed by atoms with van der Waals surface area (Å²) in [6.45, 7) is 1.27. The van der Waals surface area contributed by atoms with Crippen LogP contribution >= 0.6 is 0 Å². The van der Waals surface area contributed by atoms with Crippen LogP contribution in [0.4, 0.5) is 0 Å². The van der Waals surface area contributed by atoms with Gasteiger partial charge in [-0.05, 0) is 30.2 Å². The van der Waals surface area contributed by atoms with Crippen molar-refractivity contribution in [3.63, 3.8) is 0 Å². The number of hydrogen-bond donors (Lipinski definition) is 1. The highest BCUT2D eigenvalue weighted by molar-refractivity contribution is 5.95. The number of cyclic esters (lactones) is 1. The Balaban J connectivity index is 1.30. The summed E-state index contributed by atoms with van der Waals surface area (Å²) in [6.07, 6.45) is 2.24. The zero-order valence-corrected chi connectivity index (χ0v) is 14.2. The van der Waals surface area contributed by atoms with Gasteiger partial charge in [-0.2, -0.15) is 0 Å². The van der Waals surface area contributed by atoms with Crippen LogP contribution in [0.15, 0.2) is 54.9 Å². The van der Waals surface area contributed by atoms with E-state index in [0.29, 0.717) is 18.5 Å². The summed E-state index contributed by atoms with van der Waals surface area (Å²) in [5, 5.41) is 2.86. The Morgan fingerprint density at radius 3 is 2.92 bits per heavy atom. The molecule has 4 rings (SSSR count). The van der Waals surface area contributed by atoms with Gasteiger partial charge >= 0.3 is 5.97 Å². The van der Waals surface area contributed by atoms with E-state index in [1.807, 2.05) is 42.7 Å². The number of carbonyl (C=O) groups excluding carboxylic acids is 2. The Morgan fingerprint density at radius 2 is 2.00 bits per heavy atom. The first-order chi connectivity index (χ1) is 12.7. The van der Waals surface area contributed by atoms with E-state index in [4.69, 9.17) is 4.74 Å². The Hall–Kier alpha value is -3.15. The molecule has 6 nitrogen and oxygen atoms in total. The molecule has 1 atom stereocenters. The highest BCUT2D eigenvalue weighted by Crippen LogP contribution is 2.20. The smallest absolute Gasteiger partial charge is 0.339 e. The van der Waals surface area contributed by atoms with Gasteiger partial charge in [0.15, 0.2) is 6.10 Å². The normalized spacial score (nSPS) is 16.2. The molecule has 2 heterocycles. The molecule has 1 N–H and O–H groups in total. The zero-order chi connectivity index (χ0) is 17.9. The minimum Gasteiger partial charge on any atom is -0.448 e. The molecule has 26 heavy (non-hydrogen) atoms. The molecule has 0 spiro atoms. The SMILES string of the molecule is O=C1O[C@H](C(=O)NCCCn2cnc3ccccc32)Cc2ccccc21.